The first-order chi connectivity index (χ1) is 7.19. The van der Waals surface area contributed by atoms with Crippen LogP contribution < -0.4 is 0 Å². The summed E-state index contributed by atoms with van der Waals surface area (Å²) in [4.78, 5) is 24.0. The summed E-state index contributed by atoms with van der Waals surface area (Å²) >= 11 is 0. The van der Waals surface area contributed by atoms with E-state index in [0.29, 0.717) is 32.5 Å². The number of esters is 1. The van der Waals surface area contributed by atoms with E-state index in [1.165, 1.54) is 0 Å². The van der Waals surface area contributed by atoms with Gasteiger partial charge in [0.1, 0.15) is 7.11 Å². The van der Waals surface area contributed by atoms with E-state index in [0.717, 1.165) is 0 Å². The van der Waals surface area contributed by atoms with Crippen LogP contribution in [-0.2, 0) is 14.3 Å². The molecule has 1 heterocycles. The molecule has 1 aliphatic heterocycles. The molecular weight excluding hydrogens is 198 g/mol. The van der Waals surface area contributed by atoms with Crippen LogP contribution >= 0.6 is 0 Å². The molecule has 5 nitrogen and oxygen atoms in total. The second-order valence-electron chi connectivity index (χ2n) is 3.42. The molecule has 15 heavy (non-hydrogen) atoms. The van der Waals surface area contributed by atoms with E-state index < -0.39 is 6.09 Å². The number of nitrogens with zero attached hydrogens (tertiary/aromatic N) is 1. The Morgan fingerprint density at radius 2 is 2.00 bits per heavy atom. The zero-order chi connectivity index (χ0) is 11.3. The molecular formula is C10H16NO4. The average molecular weight is 214 g/mol. The molecule has 1 amide bonds. The molecule has 85 valence electrons. The minimum absolute atomic E-state index is 0.0844. The van der Waals surface area contributed by atoms with Crippen molar-refractivity contribution in [1.29, 1.82) is 0 Å². The maximum Gasteiger partial charge on any atom is 0.409 e. The predicted octanol–water partition coefficient (Wildman–Crippen LogP) is 1.19. The minimum atomic E-state index is -0.433. The first kappa shape index (κ1) is 11.8. The Morgan fingerprint density at radius 1 is 1.40 bits per heavy atom. The highest BCUT2D eigenvalue weighted by Gasteiger charge is 2.28. The van der Waals surface area contributed by atoms with Crippen LogP contribution in [0.1, 0.15) is 19.8 Å². The summed E-state index contributed by atoms with van der Waals surface area (Å²) in [6.07, 6.45) is 0.833. The topological polar surface area (TPSA) is 55.8 Å². The van der Waals surface area contributed by atoms with Crippen molar-refractivity contribution in [2.24, 2.45) is 5.92 Å². The van der Waals surface area contributed by atoms with Crippen molar-refractivity contribution in [1.82, 2.24) is 4.90 Å². The largest absolute Gasteiger partial charge is 0.466 e. The quantitative estimate of drug-likeness (QED) is 0.648. The molecule has 0 aromatic heterocycles. The fraction of sp³-hybridized carbons (Fsp3) is 0.700. The van der Waals surface area contributed by atoms with Gasteiger partial charge in [0.2, 0.25) is 0 Å². The monoisotopic (exact) mass is 214 g/mol. The Bertz CT molecular complexity index is 234. The molecule has 0 bridgehead atoms. The molecule has 0 aromatic carbocycles. The van der Waals surface area contributed by atoms with Gasteiger partial charge in [0, 0.05) is 13.1 Å². The van der Waals surface area contributed by atoms with Gasteiger partial charge in [-0.1, -0.05) is 0 Å². The van der Waals surface area contributed by atoms with Gasteiger partial charge >= 0.3 is 12.1 Å². The van der Waals surface area contributed by atoms with E-state index >= 15 is 0 Å². The average Bonchev–Trinajstić information content (AvgIpc) is 2.28. The third-order valence-corrected chi connectivity index (χ3v) is 2.50. The Balaban J connectivity index is 2.35. The smallest absolute Gasteiger partial charge is 0.409 e. The lowest BCUT2D eigenvalue weighted by Crippen LogP contribution is -2.40. The Labute approximate surface area is 89.3 Å². The van der Waals surface area contributed by atoms with Crippen LogP contribution in [0.5, 0.6) is 0 Å². The van der Waals surface area contributed by atoms with Crippen molar-refractivity contribution < 1.29 is 19.1 Å². The Kier molecular flexibility index (Phi) is 4.39. The summed E-state index contributed by atoms with van der Waals surface area (Å²) in [5.41, 5.74) is 0. The molecule has 0 unspecified atom stereocenters. The van der Waals surface area contributed by atoms with Crippen LogP contribution in [0.25, 0.3) is 0 Å². The van der Waals surface area contributed by atoms with Crippen molar-refractivity contribution in [3.8, 4) is 0 Å². The van der Waals surface area contributed by atoms with Gasteiger partial charge in [-0.3, -0.25) is 4.79 Å². The van der Waals surface area contributed by atoms with Gasteiger partial charge in [0.15, 0.2) is 0 Å². The molecule has 1 rings (SSSR count). The van der Waals surface area contributed by atoms with Crippen LogP contribution in [0.3, 0.4) is 0 Å². The summed E-state index contributed by atoms with van der Waals surface area (Å²) in [7, 11) is 3.06. The number of hydrogen-bond donors (Lipinski definition) is 0. The first-order valence-corrected chi connectivity index (χ1v) is 5.06. The molecule has 0 N–H and O–H groups in total. The summed E-state index contributed by atoms with van der Waals surface area (Å²) in [6.45, 7) is 3.24. The second-order valence-corrected chi connectivity index (χ2v) is 3.42. The Morgan fingerprint density at radius 3 is 2.47 bits per heavy atom. The van der Waals surface area contributed by atoms with Crippen molar-refractivity contribution >= 4 is 12.1 Å². The SMILES string of the molecule is [CH2]OC(=O)N1CCC(C(=O)OCC)CC1. The summed E-state index contributed by atoms with van der Waals surface area (Å²) < 4.78 is 9.27. The molecule has 1 fully saturated rings. The number of likely N-dealkylation sites (tertiary alicyclic amines) is 1. The van der Waals surface area contributed by atoms with Gasteiger partial charge in [0.05, 0.1) is 12.5 Å². The standard InChI is InChI=1S/C10H16NO4/c1-3-15-9(12)8-4-6-11(7-5-8)10(13)14-2/h8H,2-7H2,1H3. The van der Waals surface area contributed by atoms with E-state index in [9.17, 15) is 9.59 Å². The Hall–Kier alpha value is -1.26. The fourth-order valence-electron chi connectivity index (χ4n) is 1.65. The lowest BCUT2D eigenvalue weighted by atomic mass is 9.97. The molecule has 0 spiro atoms. The third-order valence-electron chi connectivity index (χ3n) is 2.50. The van der Waals surface area contributed by atoms with Gasteiger partial charge in [-0.2, -0.15) is 0 Å². The molecule has 1 aliphatic rings. The highest BCUT2D eigenvalue weighted by Crippen LogP contribution is 2.18. The van der Waals surface area contributed by atoms with Crippen LogP contribution in [0.4, 0.5) is 4.79 Å². The highest BCUT2D eigenvalue weighted by molar-refractivity contribution is 5.73. The maximum absolute atomic E-state index is 11.4. The molecule has 5 heteroatoms. The van der Waals surface area contributed by atoms with Crippen LogP contribution in [-0.4, -0.2) is 36.7 Å². The van der Waals surface area contributed by atoms with Gasteiger partial charge < -0.3 is 14.4 Å². The first-order valence-electron chi connectivity index (χ1n) is 5.06. The zero-order valence-corrected chi connectivity index (χ0v) is 8.90. The van der Waals surface area contributed by atoms with Crippen molar-refractivity contribution in [3.05, 3.63) is 7.11 Å². The number of rotatable bonds is 2. The minimum Gasteiger partial charge on any atom is -0.466 e. The third kappa shape index (κ3) is 3.11. The van der Waals surface area contributed by atoms with E-state index in [2.05, 4.69) is 11.8 Å². The summed E-state index contributed by atoms with van der Waals surface area (Å²) in [6, 6.07) is 0. The summed E-state index contributed by atoms with van der Waals surface area (Å²) in [5, 5.41) is 0. The van der Waals surface area contributed by atoms with Gasteiger partial charge in [-0.15, -0.1) is 0 Å². The van der Waals surface area contributed by atoms with Crippen molar-refractivity contribution in [2.75, 3.05) is 19.7 Å². The number of hydrogen-bond acceptors (Lipinski definition) is 4. The molecule has 0 aliphatic carbocycles. The lowest BCUT2D eigenvalue weighted by Gasteiger charge is -2.29. The number of carbonyl (C=O) groups excluding carboxylic acids is 2. The lowest BCUT2D eigenvalue weighted by molar-refractivity contribution is -0.149. The van der Waals surface area contributed by atoms with Crippen LogP contribution in [0, 0.1) is 13.0 Å². The van der Waals surface area contributed by atoms with Crippen molar-refractivity contribution in [2.45, 2.75) is 19.8 Å². The number of carbonyl (C=O) groups is 2. The van der Waals surface area contributed by atoms with Crippen LogP contribution in [0.2, 0.25) is 0 Å². The molecule has 1 radical (unpaired) electrons. The van der Waals surface area contributed by atoms with Gasteiger partial charge in [0.25, 0.3) is 0 Å². The molecule has 0 atom stereocenters. The van der Waals surface area contributed by atoms with E-state index in [1.54, 1.807) is 11.8 Å². The number of amides is 1. The molecule has 0 aromatic rings. The normalized spacial score (nSPS) is 17.3. The van der Waals surface area contributed by atoms with E-state index in [1.807, 2.05) is 0 Å². The maximum atomic E-state index is 11.4. The van der Waals surface area contributed by atoms with Gasteiger partial charge in [-0.25, -0.2) is 4.79 Å². The fourth-order valence-corrected chi connectivity index (χ4v) is 1.65. The van der Waals surface area contributed by atoms with Crippen molar-refractivity contribution in [3.63, 3.8) is 0 Å². The van der Waals surface area contributed by atoms with E-state index in [-0.39, 0.29) is 11.9 Å². The second kappa shape index (κ2) is 5.58. The van der Waals surface area contributed by atoms with Gasteiger partial charge in [-0.05, 0) is 19.8 Å². The summed E-state index contributed by atoms with van der Waals surface area (Å²) in [5.74, 6) is -0.251. The molecule has 1 saturated heterocycles. The highest BCUT2D eigenvalue weighted by atomic mass is 16.5. The zero-order valence-electron chi connectivity index (χ0n) is 8.90. The molecule has 0 saturated carbocycles. The van der Waals surface area contributed by atoms with E-state index in [4.69, 9.17) is 4.74 Å². The van der Waals surface area contributed by atoms with Crippen LogP contribution in [0.15, 0.2) is 0 Å². The number of ether oxygens (including phenoxy) is 2. The number of piperidine rings is 1. The predicted molar refractivity (Wildman–Crippen MR) is 52.8 cm³/mol.